The molecule has 3 rings (SSSR count). The van der Waals surface area contributed by atoms with E-state index in [-0.39, 0.29) is 18.4 Å². The van der Waals surface area contributed by atoms with Gasteiger partial charge in [-0.3, -0.25) is 5.10 Å². The summed E-state index contributed by atoms with van der Waals surface area (Å²) in [6.07, 6.45) is 0. The summed E-state index contributed by atoms with van der Waals surface area (Å²) in [4.78, 5) is 11.1. The van der Waals surface area contributed by atoms with Crippen molar-refractivity contribution in [1.82, 2.24) is 10.2 Å². The lowest BCUT2D eigenvalue weighted by Gasteiger charge is -2.23. The Morgan fingerprint density at radius 2 is 2.16 bits per heavy atom. The second kappa shape index (κ2) is 6.57. The number of nitriles is 1. The average molecular weight is 340 g/mol. The van der Waals surface area contributed by atoms with Gasteiger partial charge in [-0.1, -0.05) is 12.1 Å². The molecule has 0 radical (unpaired) electrons. The first kappa shape index (κ1) is 16.4. The molecule has 0 saturated carbocycles. The maximum atomic E-state index is 11.1. The first-order valence-corrected chi connectivity index (χ1v) is 7.47. The van der Waals surface area contributed by atoms with Crippen molar-refractivity contribution in [2.24, 2.45) is 5.73 Å². The lowest BCUT2D eigenvalue weighted by molar-refractivity contribution is -0.142. The zero-order valence-electron chi connectivity index (χ0n) is 13.7. The molecule has 8 nitrogen and oxygen atoms in total. The molecule has 0 unspecified atom stereocenters. The molecule has 0 amide bonds. The molecule has 1 aliphatic rings. The number of fused-ring (bicyclic) bond motifs is 1. The smallest absolute Gasteiger partial charge is 0.343 e. The number of benzene rings is 1. The highest BCUT2D eigenvalue weighted by Crippen LogP contribution is 2.42. The van der Waals surface area contributed by atoms with E-state index in [1.165, 1.54) is 7.11 Å². The molecule has 25 heavy (non-hydrogen) atoms. The highest BCUT2D eigenvalue weighted by atomic mass is 16.6. The Kier molecular flexibility index (Phi) is 4.31. The van der Waals surface area contributed by atoms with Crippen LogP contribution in [-0.4, -0.2) is 29.9 Å². The molecule has 0 aliphatic carbocycles. The Morgan fingerprint density at radius 1 is 1.44 bits per heavy atom. The molecule has 0 saturated heterocycles. The minimum atomic E-state index is -0.463. The van der Waals surface area contributed by atoms with Crippen molar-refractivity contribution in [3.05, 3.63) is 52.5 Å². The number of hydrogen-bond acceptors (Lipinski definition) is 7. The molecule has 2 heterocycles. The summed E-state index contributed by atoms with van der Waals surface area (Å²) in [5.74, 6) is 0.0696. The summed E-state index contributed by atoms with van der Waals surface area (Å²) in [7, 11) is 1.30. The van der Waals surface area contributed by atoms with Crippen molar-refractivity contribution >= 4 is 5.97 Å². The standard InChI is InChI=1S/C17H16N4O4/c1-9-14-15(12(7-18)16(19)25-17(14)21-20-9)10-3-5-11(6-4-10)24-8-13(22)23-2/h3-6,15H,8,19H2,1-2H3,(H,20,21)/t15-/m0/s1. The second-order valence-electron chi connectivity index (χ2n) is 5.43. The Morgan fingerprint density at radius 3 is 2.80 bits per heavy atom. The van der Waals surface area contributed by atoms with Crippen LogP contribution in [0.25, 0.3) is 0 Å². The number of aryl methyl sites for hydroxylation is 1. The van der Waals surface area contributed by atoms with E-state index in [9.17, 15) is 10.1 Å². The van der Waals surface area contributed by atoms with Crippen molar-refractivity contribution in [1.29, 1.82) is 5.26 Å². The average Bonchev–Trinajstić information content (AvgIpc) is 2.99. The van der Waals surface area contributed by atoms with Gasteiger partial charge >= 0.3 is 5.97 Å². The molecule has 1 aliphatic heterocycles. The van der Waals surface area contributed by atoms with Gasteiger partial charge in [-0.05, 0) is 24.6 Å². The van der Waals surface area contributed by atoms with Gasteiger partial charge in [0.05, 0.1) is 13.0 Å². The fraction of sp³-hybridized carbons (Fsp3) is 0.235. The van der Waals surface area contributed by atoms with Gasteiger partial charge in [0.2, 0.25) is 11.8 Å². The number of nitrogens with zero attached hydrogens (tertiary/aromatic N) is 2. The van der Waals surface area contributed by atoms with Crippen LogP contribution in [0.3, 0.4) is 0 Å². The SMILES string of the molecule is COC(=O)COc1ccc([C@H]2C(C#N)=C(N)Oc3n[nH]c(C)c32)cc1. The first-order chi connectivity index (χ1) is 12.0. The molecule has 2 aromatic rings. The summed E-state index contributed by atoms with van der Waals surface area (Å²) in [5.41, 5.74) is 8.59. The molecule has 0 fully saturated rings. The minimum absolute atomic E-state index is 0.0394. The van der Waals surface area contributed by atoms with Crippen molar-refractivity contribution in [3.63, 3.8) is 0 Å². The Balaban J connectivity index is 1.93. The quantitative estimate of drug-likeness (QED) is 0.808. The van der Waals surface area contributed by atoms with Gasteiger partial charge in [0.25, 0.3) is 0 Å². The number of hydrogen-bond donors (Lipinski definition) is 2. The monoisotopic (exact) mass is 340 g/mol. The topological polar surface area (TPSA) is 123 Å². The zero-order valence-corrected chi connectivity index (χ0v) is 13.7. The highest BCUT2D eigenvalue weighted by Gasteiger charge is 2.34. The number of carbonyl (C=O) groups is 1. The molecule has 0 spiro atoms. The molecular weight excluding hydrogens is 324 g/mol. The minimum Gasteiger partial charge on any atom is -0.482 e. The summed E-state index contributed by atoms with van der Waals surface area (Å²) in [5, 5.41) is 16.4. The summed E-state index contributed by atoms with van der Waals surface area (Å²) in [6.45, 7) is 1.68. The van der Waals surface area contributed by atoms with Gasteiger partial charge < -0.3 is 19.9 Å². The molecule has 1 aromatic heterocycles. The van der Waals surface area contributed by atoms with Gasteiger partial charge in [-0.2, -0.15) is 5.26 Å². The largest absolute Gasteiger partial charge is 0.482 e. The van der Waals surface area contributed by atoms with Gasteiger partial charge in [-0.25, -0.2) is 4.79 Å². The molecule has 0 bridgehead atoms. The number of nitrogens with two attached hydrogens (primary N) is 1. The van der Waals surface area contributed by atoms with Crippen LogP contribution in [0.15, 0.2) is 35.7 Å². The van der Waals surface area contributed by atoms with Crippen LogP contribution in [-0.2, 0) is 9.53 Å². The van der Waals surface area contributed by atoms with Crippen LogP contribution in [0.1, 0.15) is 22.7 Å². The van der Waals surface area contributed by atoms with Crippen molar-refractivity contribution in [2.45, 2.75) is 12.8 Å². The highest BCUT2D eigenvalue weighted by molar-refractivity contribution is 5.70. The van der Waals surface area contributed by atoms with E-state index >= 15 is 0 Å². The molecule has 8 heteroatoms. The summed E-state index contributed by atoms with van der Waals surface area (Å²) in [6, 6.07) is 9.17. The Labute approximate surface area is 143 Å². The maximum absolute atomic E-state index is 11.1. The van der Waals surface area contributed by atoms with Gasteiger partial charge in [0.15, 0.2) is 6.61 Å². The third kappa shape index (κ3) is 2.99. The van der Waals surface area contributed by atoms with Crippen LogP contribution >= 0.6 is 0 Å². The number of ether oxygens (including phenoxy) is 3. The number of aromatic nitrogens is 2. The Hall–Kier alpha value is -3.47. The lowest BCUT2D eigenvalue weighted by Crippen LogP contribution is -2.21. The predicted molar refractivity (Wildman–Crippen MR) is 86.6 cm³/mol. The van der Waals surface area contributed by atoms with Crippen LogP contribution in [0.5, 0.6) is 11.6 Å². The molecule has 1 atom stereocenters. The molecule has 128 valence electrons. The second-order valence-corrected chi connectivity index (χ2v) is 5.43. The lowest BCUT2D eigenvalue weighted by atomic mass is 9.84. The fourth-order valence-corrected chi connectivity index (χ4v) is 2.69. The van der Waals surface area contributed by atoms with Crippen molar-refractivity contribution < 1.29 is 19.0 Å². The number of rotatable bonds is 4. The zero-order chi connectivity index (χ0) is 18.0. The van der Waals surface area contributed by atoms with E-state index in [4.69, 9.17) is 15.2 Å². The van der Waals surface area contributed by atoms with Gasteiger partial charge in [-0.15, -0.1) is 5.10 Å². The van der Waals surface area contributed by atoms with Crippen LogP contribution < -0.4 is 15.2 Å². The van der Waals surface area contributed by atoms with E-state index in [1.807, 2.05) is 19.1 Å². The Bertz CT molecular complexity index is 877. The van der Waals surface area contributed by atoms with Gasteiger partial charge in [0, 0.05) is 11.3 Å². The molecular formula is C17H16N4O4. The first-order valence-electron chi connectivity index (χ1n) is 7.47. The molecule has 1 aromatic carbocycles. The van der Waals surface area contributed by atoms with Gasteiger partial charge in [0.1, 0.15) is 17.4 Å². The third-order valence-electron chi connectivity index (χ3n) is 3.93. The van der Waals surface area contributed by atoms with Crippen LogP contribution in [0.4, 0.5) is 0 Å². The van der Waals surface area contributed by atoms with Crippen molar-refractivity contribution in [2.75, 3.05) is 13.7 Å². The van der Waals surface area contributed by atoms with E-state index < -0.39 is 5.97 Å². The fourth-order valence-electron chi connectivity index (χ4n) is 2.69. The number of aromatic amines is 1. The number of esters is 1. The van der Waals surface area contributed by atoms with E-state index in [0.717, 1.165) is 16.8 Å². The number of nitrogens with one attached hydrogen (secondary N) is 1. The number of carbonyl (C=O) groups excluding carboxylic acids is 1. The maximum Gasteiger partial charge on any atom is 0.343 e. The summed E-state index contributed by atoms with van der Waals surface area (Å²) < 4.78 is 15.3. The van der Waals surface area contributed by atoms with E-state index in [1.54, 1.807) is 12.1 Å². The third-order valence-corrected chi connectivity index (χ3v) is 3.93. The molecule has 3 N–H and O–H groups in total. The number of methoxy groups -OCH3 is 1. The van der Waals surface area contributed by atoms with E-state index in [2.05, 4.69) is 21.0 Å². The summed E-state index contributed by atoms with van der Waals surface area (Å²) >= 11 is 0. The van der Waals surface area contributed by atoms with Crippen LogP contribution in [0.2, 0.25) is 0 Å². The predicted octanol–water partition coefficient (Wildman–Crippen LogP) is 1.49. The normalized spacial score (nSPS) is 15.8. The number of allylic oxidation sites excluding steroid dienone is 1. The number of H-pyrrole nitrogens is 1. The van der Waals surface area contributed by atoms with Crippen molar-refractivity contribution in [3.8, 4) is 17.7 Å². The van der Waals surface area contributed by atoms with E-state index in [0.29, 0.717) is 17.2 Å². The van der Waals surface area contributed by atoms with Crippen LogP contribution in [0, 0.1) is 18.3 Å².